The number of carboxylic acids is 1. The monoisotopic (exact) mass is 307 g/mol. The van der Waals surface area contributed by atoms with Crippen LogP contribution in [-0.2, 0) is 11.2 Å². The average molecular weight is 307 g/mol. The number of carboxylic acid groups (broad SMARTS) is 1. The second-order valence-corrected chi connectivity index (χ2v) is 6.55. The first-order chi connectivity index (χ1) is 10.1. The van der Waals surface area contributed by atoms with E-state index >= 15 is 0 Å². The van der Waals surface area contributed by atoms with Crippen LogP contribution in [0.25, 0.3) is 0 Å². The molecule has 5 heteroatoms. The van der Waals surface area contributed by atoms with Gasteiger partial charge in [-0.1, -0.05) is 25.5 Å². The summed E-state index contributed by atoms with van der Waals surface area (Å²) in [6.07, 6.45) is 3.76. The third-order valence-corrected chi connectivity index (χ3v) is 5.01. The highest BCUT2D eigenvalue weighted by Crippen LogP contribution is 2.28. The van der Waals surface area contributed by atoms with Crippen LogP contribution in [0.2, 0.25) is 0 Å². The van der Waals surface area contributed by atoms with Crippen molar-refractivity contribution in [2.24, 2.45) is 0 Å². The van der Waals surface area contributed by atoms with Crippen LogP contribution >= 0.6 is 11.8 Å². The first-order valence-electron chi connectivity index (χ1n) is 7.30. The minimum atomic E-state index is -1.11. The number of nitrogens with one attached hydrogen (secondary N) is 1. The van der Waals surface area contributed by atoms with E-state index in [-0.39, 0.29) is 5.91 Å². The number of unbranched alkanes of at least 4 members (excludes halogenated alkanes) is 1. The number of carbonyl (C=O) groups is 2. The lowest BCUT2D eigenvalue weighted by Gasteiger charge is -2.24. The quantitative estimate of drug-likeness (QED) is 0.848. The van der Waals surface area contributed by atoms with Crippen LogP contribution in [0, 0.1) is 0 Å². The molecule has 2 rings (SSSR count). The molecule has 0 spiro atoms. The Morgan fingerprint density at radius 3 is 2.57 bits per heavy atom. The molecule has 0 radical (unpaired) electrons. The van der Waals surface area contributed by atoms with Crippen LogP contribution in [0.4, 0.5) is 0 Å². The van der Waals surface area contributed by atoms with E-state index in [1.54, 1.807) is 23.9 Å². The molecule has 0 saturated carbocycles. The molecule has 1 fully saturated rings. The largest absolute Gasteiger partial charge is 0.479 e. The third kappa shape index (κ3) is 3.79. The van der Waals surface area contributed by atoms with Crippen molar-refractivity contribution < 1.29 is 14.7 Å². The Labute approximate surface area is 129 Å². The summed E-state index contributed by atoms with van der Waals surface area (Å²) in [5.41, 5.74) is 0.619. The predicted octanol–water partition coefficient (Wildman–Crippen LogP) is 2.72. The fourth-order valence-corrected chi connectivity index (χ4v) is 3.70. The second kappa shape index (κ2) is 6.98. The third-order valence-electron chi connectivity index (χ3n) is 3.82. The molecule has 0 bridgehead atoms. The zero-order chi connectivity index (χ0) is 15.3. The molecule has 0 aliphatic carbocycles. The fraction of sp³-hybridized carbons (Fsp3) is 0.500. The summed E-state index contributed by atoms with van der Waals surface area (Å²) in [4.78, 5) is 23.7. The lowest BCUT2D eigenvalue weighted by molar-refractivity contribution is -0.143. The molecule has 0 aromatic heterocycles. The van der Waals surface area contributed by atoms with Crippen LogP contribution < -0.4 is 5.32 Å². The van der Waals surface area contributed by atoms with Crippen molar-refractivity contribution in [1.82, 2.24) is 5.32 Å². The van der Waals surface area contributed by atoms with Gasteiger partial charge in [0, 0.05) is 11.3 Å². The molecule has 1 atom stereocenters. The topological polar surface area (TPSA) is 66.4 Å². The highest BCUT2D eigenvalue weighted by atomic mass is 32.2. The van der Waals surface area contributed by atoms with Crippen molar-refractivity contribution in [3.05, 3.63) is 35.4 Å². The molecule has 4 nitrogen and oxygen atoms in total. The Kier molecular flexibility index (Phi) is 5.28. The Hall–Kier alpha value is -1.49. The zero-order valence-corrected chi connectivity index (χ0v) is 13.0. The van der Waals surface area contributed by atoms with Gasteiger partial charge in [0.05, 0.1) is 0 Å². The lowest BCUT2D eigenvalue weighted by Crippen LogP contribution is -2.54. The predicted molar refractivity (Wildman–Crippen MR) is 84.8 cm³/mol. The van der Waals surface area contributed by atoms with Crippen LogP contribution in [-0.4, -0.2) is 34.0 Å². The molecule has 21 heavy (non-hydrogen) atoms. The Morgan fingerprint density at radius 1 is 1.33 bits per heavy atom. The number of benzene rings is 1. The van der Waals surface area contributed by atoms with Gasteiger partial charge in [-0.25, -0.2) is 4.79 Å². The van der Waals surface area contributed by atoms with Crippen molar-refractivity contribution in [3.8, 4) is 0 Å². The summed E-state index contributed by atoms with van der Waals surface area (Å²) in [7, 11) is 0. The number of amides is 1. The highest BCUT2D eigenvalue weighted by Gasteiger charge is 2.43. The van der Waals surface area contributed by atoms with Gasteiger partial charge in [0.2, 0.25) is 0 Å². The van der Waals surface area contributed by atoms with Crippen LogP contribution in [0.3, 0.4) is 0 Å². The SMILES string of the molecule is CCCCc1ccc(C(=O)NC2(C(=O)O)CCSC2)cc1. The van der Waals surface area contributed by atoms with E-state index in [1.807, 2.05) is 12.1 Å². The molecule has 1 heterocycles. The molecule has 1 aliphatic rings. The van der Waals surface area contributed by atoms with Gasteiger partial charge < -0.3 is 10.4 Å². The van der Waals surface area contributed by atoms with Crippen molar-refractivity contribution in [1.29, 1.82) is 0 Å². The summed E-state index contributed by atoms with van der Waals surface area (Å²) in [6.45, 7) is 2.15. The van der Waals surface area contributed by atoms with Crippen LogP contribution in [0.5, 0.6) is 0 Å². The second-order valence-electron chi connectivity index (χ2n) is 5.44. The fourth-order valence-electron chi connectivity index (χ4n) is 2.38. The maximum Gasteiger partial charge on any atom is 0.330 e. The molecular formula is C16H21NO3S. The molecule has 1 saturated heterocycles. The van der Waals surface area contributed by atoms with E-state index < -0.39 is 11.5 Å². The molecule has 1 unspecified atom stereocenters. The Bertz CT molecular complexity index is 507. The highest BCUT2D eigenvalue weighted by molar-refractivity contribution is 7.99. The van der Waals surface area contributed by atoms with E-state index in [9.17, 15) is 14.7 Å². The lowest BCUT2D eigenvalue weighted by atomic mass is 9.98. The van der Waals surface area contributed by atoms with Gasteiger partial charge in [-0.05, 0) is 42.7 Å². The Balaban J connectivity index is 2.04. The smallest absolute Gasteiger partial charge is 0.330 e. The van der Waals surface area contributed by atoms with Gasteiger partial charge in [0.15, 0.2) is 0 Å². The number of thioether (sulfide) groups is 1. The number of carbonyl (C=O) groups excluding carboxylic acids is 1. The number of aliphatic carboxylic acids is 1. The number of hydrogen-bond acceptors (Lipinski definition) is 3. The van der Waals surface area contributed by atoms with E-state index in [4.69, 9.17) is 0 Å². The first-order valence-corrected chi connectivity index (χ1v) is 8.45. The maximum atomic E-state index is 12.3. The van der Waals surface area contributed by atoms with Crippen molar-refractivity contribution in [2.45, 2.75) is 38.1 Å². The van der Waals surface area contributed by atoms with Crippen molar-refractivity contribution >= 4 is 23.6 Å². The van der Waals surface area contributed by atoms with E-state index in [2.05, 4.69) is 12.2 Å². The van der Waals surface area contributed by atoms with E-state index in [0.29, 0.717) is 17.7 Å². The van der Waals surface area contributed by atoms with E-state index in [1.165, 1.54) is 5.56 Å². The maximum absolute atomic E-state index is 12.3. The van der Waals surface area contributed by atoms with E-state index in [0.717, 1.165) is 25.0 Å². The first kappa shape index (κ1) is 15.9. The molecule has 1 amide bonds. The Morgan fingerprint density at radius 2 is 2.05 bits per heavy atom. The van der Waals surface area contributed by atoms with Crippen LogP contribution in [0.1, 0.15) is 42.1 Å². The summed E-state index contributed by atoms with van der Waals surface area (Å²) >= 11 is 1.56. The van der Waals surface area contributed by atoms with Gasteiger partial charge in [-0.3, -0.25) is 4.79 Å². The van der Waals surface area contributed by atoms with Crippen molar-refractivity contribution in [3.63, 3.8) is 0 Å². The average Bonchev–Trinajstić information content (AvgIpc) is 2.95. The normalized spacial score (nSPS) is 21.2. The van der Waals surface area contributed by atoms with Crippen molar-refractivity contribution in [2.75, 3.05) is 11.5 Å². The molecule has 2 N–H and O–H groups in total. The van der Waals surface area contributed by atoms with Gasteiger partial charge in [-0.2, -0.15) is 11.8 Å². The number of aryl methyl sites for hydroxylation is 1. The molecule has 1 aromatic carbocycles. The van der Waals surface area contributed by atoms with Crippen LogP contribution in [0.15, 0.2) is 24.3 Å². The minimum Gasteiger partial charge on any atom is -0.479 e. The molecule has 1 aromatic rings. The van der Waals surface area contributed by atoms with Gasteiger partial charge in [0.1, 0.15) is 5.54 Å². The van der Waals surface area contributed by atoms with Gasteiger partial charge >= 0.3 is 5.97 Å². The summed E-state index contributed by atoms with van der Waals surface area (Å²) in [5.74, 6) is -0.0482. The summed E-state index contributed by atoms with van der Waals surface area (Å²) in [6, 6.07) is 7.44. The molecule has 114 valence electrons. The summed E-state index contributed by atoms with van der Waals surface area (Å²) in [5, 5.41) is 12.1. The molecule has 1 aliphatic heterocycles. The van der Waals surface area contributed by atoms with Gasteiger partial charge in [0.25, 0.3) is 5.91 Å². The van der Waals surface area contributed by atoms with Gasteiger partial charge in [-0.15, -0.1) is 0 Å². The number of rotatable bonds is 6. The standard InChI is InChI=1S/C16H21NO3S/c1-2-3-4-12-5-7-13(8-6-12)14(18)17-16(15(19)20)9-10-21-11-16/h5-8H,2-4,9-11H2,1H3,(H,17,18)(H,19,20). The number of hydrogen-bond donors (Lipinski definition) is 2. The summed E-state index contributed by atoms with van der Waals surface area (Å²) < 4.78 is 0. The molecular weight excluding hydrogens is 286 g/mol. The minimum absolute atomic E-state index is 0.304. The zero-order valence-electron chi connectivity index (χ0n) is 12.2.